The lowest BCUT2D eigenvalue weighted by Crippen LogP contribution is -2.36. The number of hydrogen-bond acceptors (Lipinski definition) is 4. The summed E-state index contributed by atoms with van der Waals surface area (Å²) in [6.45, 7) is 3.80. The largest absolute Gasteiger partial charge is 0.371 e. The number of nitrogens with zero attached hydrogens (tertiary/aromatic N) is 3. The van der Waals surface area contributed by atoms with Gasteiger partial charge < -0.3 is 15.5 Å². The topological polar surface area (TPSA) is 79.3 Å². The van der Waals surface area contributed by atoms with Crippen LogP contribution >= 0.6 is 0 Å². The van der Waals surface area contributed by atoms with Gasteiger partial charge in [-0.05, 0) is 62.2 Å². The summed E-state index contributed by atoms with van der Waals surface area (Å²) in [4.78, 5) is 27.6. The molecule has 0 spiro atoms. The van der Waals surface area contributed by atoms with Crippen LogP contribution in [0.5, 0.6) is 0 Å². The quantitative estimate of drug-likeness (QED) is 0.592. The zero-order valence-corrected chi connectivity index (χ0v) is 17.9. The van der Waals surface area contributed by atoms with E-state index in [2.05, 4.69) is 20.6 Å². The van der Waals surface area contributed by atoms with Gasteiger partial charge in [0.25, 0.3) is 5.91 Å². The van der Waals surface area contributed by atoms with E-state index in [9.17, 15) is 14.0 Å². The number of halogens is 1. The second kappa shape index (κ2) is 9.64. The van der Waals surface area contributed by atoms with Crippen molar-refractivity contribution in [3.8, 4) is 5.69 Å². The van der Waals surface area contributed by atoms with Gasteiger partial charge in [-0.3, -0.25) is 9.59 Å². The van der Waals surface area contributed by atoms with Crippen LogP contribution in [0.4, 0.5) is 15.8 Å². The summed E-state index contributed by atoms with van der Waals surface area (Å²) in [6.07, 6.45) is 5.71. The van der Waals surface area contributed by atoms with Crippen LogP contribution in [0.25, 0.3) is 5.69 Å². The van der Waals surface area contributed by atoms with Crippen LogP contribution in [0, 0.1) is 5.82 Å². The second-order valence-electron chi connectivity index (χ2n) is 7.98. The summed E-state index contributed by atoms with van der Waals surface area (Å²) in [7, 11) is 0. The Hall–Kier alpha value is -3.68. The number of rotatable bonds is 7. The van der Waals surface area contributed by atoms with Crippen LogP contribution in [-0.2, 0) is 4.79 Å². The molecule has 166 valence electrons. The third-order valence-corrected chi connectivity index (χ3v) is 5.42. The molecule has 1 unspecified atom stereocenters. The third kappa shape index (κ3) is 5.14. The molecular formula is C24H26FN5O2. The zero-order valence-electron chi connectivity index (χ0n) is 17.9. The van der Waals surface area contributed by atoms with Crippen molar-refractivity contribution in [3.63, 3.8) is 0 Å². The Balaban J connectivity index is 1.37. The molecule has 0 aliphatic carbocycles. The van der Waals surface area contributed by atoms with Gasteiger partial charge in [-0.1, -0.05) is 6.07 Å². The number of anilines is 2. The Morgan fingerprint density at radius 2 is 1.94 bits per heavy atom. The Labute approximate surface area is 186 Å². The van der Waals surface area contributed by atoms with Crippen LogP contribution in [0.15, 0.2) is 60.9 Å². The molecule has 1 fully saturated rings. The molecule has 1 aliphatic rings. The minimum absolute atomic E-state index is 0.0894. The number of amides is 2. The summed E-state index contributed by atoms with van der Waals surface area (Å²) < 4.78 is 15.3. The Kier molecular flexibility index (Phi) is 6.49. The van der Waals surface area contributed by atoms with E-state index in [0.717, 1.165) is 24.5 Å². The average Bonchev–Trinajstić information content (AvgIpc) is 3.48. The van der Waals surface area contributed by atoms with Gasteiger partial charge in [0, 0.05) is 49.3 Å². The highest BCUT2D eigenvalue weighted by Gasteiger charge is 2.19. The predicted octanol–water partition coefficient (Wildman–Crippen LogP) is 3.76. The maximum atomic E-state index is 13.8. The smallest absolute Gasteiger partial charge is 0.253 e. The van der Waals surface area contributed by atoms with Crippen molar-refractivity contribution in [1.29, 1.82) is 0 Å². The average molecular weight is 436 g/mol. The van der Waals surface area contributed by atoms with Crippen LogP contribution in [0.1, 0.15) is 36.5 Å². The third-order valence-electron chi connectivity index (χ3n) is 5.42. The van der Waals surface area contributed by atoms with E-state index >= 15 is 0 Å². The second-order valence-corrected chi connectivity index (χ2v) is 7.98. The molecule has 7 nitrogen and oxygen atoms in total. The molecule has 1 saturated heterocycles. The highest BCUT2D eigenvalue weighted by atomic mass is 19.1. The zero-order chi connectivity index (χ0) is 22.5. The Morgan fingerprint density at radius 1 is 1.12 bits per heavy atom. The van der Waals surface area contributed by atoms with Gasteiger partial charge in [-0.15, -0.1) is 0 Å². The van der Waals surface area contributed by atoms with E-state index in [4.69, 9.17) is 0 Å². The molecule has 1 atom stereocenters. The number of carbonyl (C=O) groups excluding carboxylic acids is 2. The predicted molar refractivity (Wildman–Crippen MR) is 122 cm³/mol. The van der Waals surface area contributed by atoms with Crippen molar-refractivity contribution in [3.05, 3.63) is 72.3 Å². The first-order valence-electron chi connectivity index (χ1n) is 10.7. The molecule has 32 heavy (non-hydrogen) atoms. The fourth-order valence-corrected chi connectivity index (χ4v) is 3.90. The number of aromatic nitrogens is 2. The van der Waals surface area contributed by atoms with Gasteiger partial charge >= 0.3 is 0 Å². The van der Waals surface area contributed by atoms with E-state index in [1.807, 2.05) is 24.3 Å². The van der Waals surface area contributed by atoms with Gasteiger partial charge in [0.1, 0.15) is 5.82 Å². The summed E-state index contributed by atoms with van der Waals surface area (Å²) in [5.74, 6) is -1.19. The van der Waals surface area contributed by atoms with E-state index in [1.54, 1.807) is 25.4 Å². The van der Waals surface area contributed by atoms with Crippen molar-refractivity contribution in [2.75, 3.05) is 23.3 Å². The minimum Gasteiger partial charge on any atom is -0.371 e. The molecule has 2 aromatic carbocycles. The summed E-state index contributed by atoms with van der Waals surface area (Å²) in [6, 6.07) is 13.0. The maximum absolute atomic E-state index is 13.8. The molecule has 0 radical (unpaired) electrons. The lowest BCUT2D eigenvalue weighted by atomic mass is 10.1. The molecule has 0 saturated carbocycles. The van der Waals surface area contributed by atoms with Crippen LogP contribution in [0.2, 0.25) is 0 Å². The van der Waals surface area contributed by atoms with Crippen LogP contribution in [-0.4, -0.2) is 40.7 Å². The van der Waals surface area contributed by atoms with E-state index in [0.29, 0.717) is 5.69 Å². The fraction of sp³-hybridized carbons (Fsp3) is 0.292. The highest BCUT2D eigenvalue weighted by molar-refractivity contribution is 5.98. The molecule has 2 heterocycles. The lowest BCUT2D eigenvalue weighted by molar-refractivity contribution is -0.116. The molecule has 2 amide bonds. The SMILES string of the molecule is CC(CC(=O)Nc1cccc(N2CCCC2)c1)NC(=O)c1cc(F)ccc1-n1cccn1. The van der Waals surface area contributed by atoms with E-state index in [-0.39, 0.29) is 17.9 Å². The number of nitrogens with one attached hydrogen (secondary N) is 2. The fourth-order valence-electron chi connectivity index (χ4n) is 3.90. The lowest BCUT2D eigenvalue weighted by Gasteiger charge is -2.19. The van der Waals surface area contributed by atoms with Crippen LogP contribution < -0.4 is 15.5 Å². The van der Waals surface area contributed by atoms with Crippen molar-refractivity contribution >= 4 is 23.2 Å². The molecule has 0 bridgehead atoms. The van der Waals surface area contributed by atoms with Gasteiger partial charge in [-0.2, -0.15) is 5.10 Å². The molecule has 8 heteroatoms. The monoisotopic (exact) mass is 435 g/mol. The van der Waals surface area contributed by atoms with Gasteiger partial charge in [0.2, 0.25) is 5.91 Å². The number of carbonyl (C=O) groups is 2. The molecule has 2 N–H and O–H groups in total. The molecular weight excluding hydrogens is 409 g/mol. The first-order valence-corrected chi connectivity index (χ1v) is 10.7. The van der Waals surface area contributed by atoms with E-state index < -0.39 is 17.8 Å². The van der Waals surface area contributed by atoms with Crippen molar-refractivity contribution < 1.29 is 14.0 Å². The van der Waals surface area contributed by atoms with Crippen LogP contribution in [0.3, 0.4) is 0 Å². The van der Waals surface area contributed by atoms with Gasteiger partial charge in [0.15, 0.2) is 0 Å². The molecule has 4 rings (SSSR count). The number of benzene rings is 2. The molecule has 1 aromatic heterocycles. The minimum atomic E-state index is -0.519. The highest BCUT2D eigenvalue weighted by Crippen LogP contribution is 2.23. The summed E-state index contributed by atoms with van der Waals surface area (Å²) >= 11 is 0. The Morgan fingerprint density at radius 3 is 2.69 bits per heavy atom. The molecule has 1 aliphatic heterocycles. The number of hydrogen-bond donors (Lipinski definition) is 2. The summed E-state index contributed by atoms with van der Waals surface area (Å²) in [5, 5.41) is 9.80. The van der Waals surface area contributed by atoms with Gasteiger partial charge in [-0.25, -0.2) is 9.07 Å². The normalized spacial score (nSPS) is 14.2. The van der Waals surface area contributed by atoms with Crippen molar-refractivity contribution in [2.24, 2.45) is 0 Å². The first kappa shape index (κ1) is 21.5. The maximum Gasteiger partial charge on any atom is 0.253 e. The summed E-state index contributed by atoms with van der Waals surface area (Å²) in [5.41, 5.74) is 2.44. The first-order chi connectivity index (χ1) is 15.5. The van der Waals surface area contributed by atoms with Crippen molar-refractivity contribution in [2.45, 2.75) is 32.2 Å². The molecule has 3 aromatic rings. The standard InChI is InChI=1S/C24H26FN5O2/c1-17(14-23(31)28-19-6-4-7-20(16-19)29-11-2-3-12-29)27-24(32)21-15-18(25)8-9-22(21)30-13-5-10-26-30/h4-10,13,15-17H,2-3,11-12,14H2,1H3,(H,27,32)(H,28,31). The van der Waals surface area contributed by atoms with E-state index in [1.165, 1.54) is 35.7 Å². The van der Waals surface area contributed by atoms with Crippen molar-refractivity contribution in [1.82, 2.24) is 15.1 Å². The van der Waals surface area contributed by atoms with Gasteiger partial charge in [0.05, 0.1) is 11.3 Å². The Bertz CT molecular complexity index is 1090.